The Balaban J connectivity index is 2.02. The van der Waals surface area contributed by atoms with Gasteiger partial charge in [-0.3, -0.25) is 9.59 Å². The summed E-state index contributed by atoms with van der Waals surface area (Å²) in [5.74, 6) is 0.376. The fraction of sp³-hybridized carbons (Fsp3) is 0.500. The predicted octanol–water partition coefficient (Wildman–Crippen LogP) is 3.09. The second-order valence-corrected chi connectivity index (χ2v) is 6.75. The van der Waals surface area contributed by atoms with Crippen LogP contribution in [0.1, 0.15) is 35.4 Å². The van der Waals surface area contributed by atoms with E-state index in [9.17, 15) is 9.59 Å². The van der Waals surface area contributed by atoms with Crippen molar-refractivity contribution in [3.63, 3.8) is 0 Å². The van der Waals surface area contributed by atoms with Crippen molar-refractivity contribution in [2.45, 2.75) is 31.7 Å². The largest absolute Gasteiger partial charge is 0.338 e. The molecule has 1 aromatic rings. The van der Waals surface area contributed by atoms with Gasteiger partial charge >= 0.3 is 0 Å². The lowest BCUT2D eigenvalue weighted by molar-refractivity contribution is -0.121. The van der Waals surface area contributed by atoms with Gasteiger partial charge in [-0.05, 0) is 40.9 Å². The third-order valence-corrected chi connectivity index (χ3v) is 4.78. The van der Waals surface area contributed by atoms with Crippen molar-refractivity contribution in [3.05, 3.63) is 20.8 Å². The van der Waals surface area contributed by atoms with Crippen molar-refractivity contribution in [1.82, 2.24) is 4.90 Å². The Hall–Kier alpha value is -0.680. The van der Waals surface area contributed by atoms with E-state index in [-0.39, 0.29) is 11.9 Å². The predicted molar refractivity (Wildman–Crippen MR) is 71.4 cm³/mol. The van der Waals surface area contributed by atoms with Crippen LogP contribution in [0, 0.1) is 0 Å². The standard InChI is InChI=1S/C12H14BrNO2S/c1-14(8-2-4-9(15)5-3-8)12(16)10-6-7-11(13)17-10/h6-8H,2-5H2,1H3. The lowest BCUT2D eigenvalue weighted by atomic mass is 9.93. The van der Waals surface area contributed by atoms with E-state index in [4.69, 9.17) is 0 Å². The third kappa shape index (κ3) is 2.96. The summed E-state index contributed by atoms with van der Waals surface area (Å²) >= 11 is 4.80. The highest BCUT2D eigenvalue weighted by molar-refractivity contribution is 9.11. The quantitative estimate of drug-likeness (QED) is 0.841. The van der Waals surface area contributed by atoms with Gasteiger partial charge in [-0.1, -0.05) is 0 Å². The Morgan fingerprint density at radius 1 is 1.41 bits per heavy atom. The molecular formula is C12H14BrNO2S. The highest BCUT2D eigenvalue weighted by Gasteiger charge is 2.26. The summed E-state index contributed by atoms with van der Waals surface area (Å²) in [7, 11) is 1.83. The lowest BCUT2D eigenvalue weighted by Crippen LogP contribution is -2.39. The van der Waals surface area contributed by atoms with Gasteiger partial charge in [0.05, 0.1) is 8.66 Å². The van der Waals surface area contributed by atoms with Crippen LogP contribution >= 0.6 is 27.3 Å². The number of halogens is 1. The summed E-state index contributed by atoms with van der Waals surface area (Å²) < 4.78 is 0.966. The van der Waals surface area contributed by atoms with Crippen LogP contribution < -0.4 is 0 Å². The Bertz CT molecular complexity index is 433. The monoisotopic (exact) mass is 315 g/mol. The normalized spacial score (nSPS) is 17.2. The minimum atomic E-state index is 0.0556. The van der Waals surface area contributed by atoms with E-state index < -0.39 is 0 Å². The number of amides is 1. The highest BCUT2D eigenvalue weighted by Crippen LogP contribution is 2.26. The van der Waals surface area contributed by atoms with Gasteiger partial charge in [-0.25, -0.2) is 0 Å². The molecule has 0 radical (unpaired) electrons. The van der Waals surface area contributed by atoms with Gasteiger partial charge in [0.1, 0.15) is 5.78 Å². The van der Waals surface area contributed by atoms with Crippen molar-refractivity contribution < 1.29 is 9.59 Å². The van der Waals surface area contributed by atoms with E-state index in [0.717, 1.165) is 21.5 Å². The maximum absolute atomic E-state index is 12.2. The maximum Gasteiger partial charge on any atom is 0.263 e. The molecule has 0 bridgehead atoms. The molecule has 1 amide bonds. The summed E-state index contributed by atoms with van der Waals surface area (Å²) in [4.78, 5) is 25.9. The minimum Gasteiger partial charge on any atom is -0.338 e. The van der Waals surface area contributed by atoms with E-state index in [1.54, 1.807) is 4.90 Å². The first-order chi connectivity index (χ1) is 8.08. The molecule has 1 aliphatic rings. The molecule has 17 heavy (non-hydrogen) atoms. The number of rotatable bonds is 2. The molecule has 0 atom stereocenters. The highest BCUT2D eigenvalue weighted by atomic mass is 79.9. The number of thiophene rings is 1. The Morgan fingerprint density at radius 2 is 2.06 bits per heavy atom. The molecule has 1 fully saturated rings. The molecule has 1 aliphatic carbocycles. The van der Waals surface area contributed by atoms with Gasteiger partial charge in [-0.2, -0.15) is 0 Å². The van der Waals surface area contributed by atoms with Crippen LogP contribution in [-0.2, 0) is 4.79 Å². The molecule has 1 heterocycles. The fourth-order valence-corrected chi connectivity index (χ4v) is 3.45. The average molecular weight is 316 g/mol. The molecular weight excluding hydrogens is 302 g/mol. The smallest absolute Gasteiger partial charge is 0.263 e. The van der Waals surface area contributed by atoms with Gasteiger partial charge < -0.3 is 4.90 Å². The topological polar surface area (TPSA) is 37.4 Å². The van der Waals surface area contributed by atoms with Crippen molar-refractivity contribution in [2.75, 3.05) is 7.05 Å². The average Bonchev–Trinajstić information content (AvgIpc) is 2.75. The van der Waals surface area contributed by atoms with Crippen molar-refractivity contribution >= 4 is 39.0 Å². The van der Waals surface area contributed by atoms with Gasteiger partial charge in [-0.15, -0.1) is 11.3 Å². The molecule has 1 aromatic heterocycles. The number of nitrogens with zero attached hydrogens (tertiary/aromatic N) is 1. The van der Waals surface area contributed by atoms with Gasteiger partial charge in [0, 0.05) is 25.9 Å². The Kier molecular flexibility index (Phi) is 3.99. The molecule has 0 N–H and O–H groups in total. The molecule has 0 saturated heterocycles. The van der Waals surface area contributed by atoms with Crippen LogP contribution in [-0.4, -0.2) is 29.7 Å². The molecule has 5 heteroatoms. The van der Waals surface area contributed by atoms with E-state index in [0.29, 0.717) is 18.6 Å². The van der Waals surface area contributed by atoms with E-state index in [1.807, 2.05) is 19.2 Å². The molecule has 0 aromatic carbocycles. The number of carbonyl (C=O) groups is 2. The van der Waals surface area contributed by atoms with Gasteiger partial charge in [0.25, 0.3) is 5.91 Å². The van der Waals surface area contributed by atoms with E-state index >= 15 is 0 Å². The second-order valence-electron chi connectivity index (χ2n) is 4.29. The van der Waals surface area contributed by atoms with Gasteiger partial charge in [0.15, 0.2) is 0 Å². The summed E-state index contributed by atoms with van der Waals surface area (Å²) in [6.45, 7) is 0. The summed E-state index contributed by atoms with van der Waals surface area (Å²) in [6.07, 6.45) is 2.81. The zero-order valence-electron chi connectivity index (χ0n) is 9.61. The van der Waals surface area contributed by atoms with Crippen LogP contribution in [0.4, 0.5) is 0 Å². The molecule has 1 saturated carbocycles. The number of carbonyl (C=O) groups excluding carboxylic acids is 2. The summed E-state index contributed by atoms with van der Waals surface area (Å²) in [5, 5.41) is 0. The number of Topliss-reactive ketones (excluding diaryl/α,β-unsaturated/α-hetero) is 1. The molecule has 3 nitrogen and oxygen atoms in total. The molecule has 2 rings (SSSR count). The zero-order chi connectivity index (χ0) is 12.4. The first-order valence-corrected chi connectivity index (χ1v) is 7.23. The number of ketones is 1. The molecule has 92 valence electrons. The number of hydrogen-bond acceptors (Lipinski definition) is 3. The second kappa shape index (κ2) is 5.31. The first-order valence-electron chi connectivity index (χ1n) is 5.62. The third-order valence-electron chi connectivity index (χ3n) is 3.16. The molecule has 0 unspecified atom stereocenters. The fourth-order valence-electron chi connectivity index (χ4n) is 2.08. The zero-order valence-corrected chi connectivity index (χ0v) is 12.0. The van der Waals surface area contributed by atoms with Crippen molar-refractivity contribution in [3.8, 4) is 0 Å². The Morgan fingerprint density at radius 3 is 2.59 bits per heavy atom. The van der Waals surface area contributed by atoms with Crippen LogP contribution in [0.3, 0.4) is 0 Å². The van der Waals surface area contributed by atoms with Gasteiger partial charge in [0.2, 0.25) is 0 Å². The van der Waals surface area contributed by atoms with E-state index in [2.05, 4.69) is 15.9 Å². The van der Waals surface area contributed by atoms with Crippen LogP contribution in [0.15, 0.2) is 15.9 Å². The summed E-state index contributed by atoms with van der Waals surface area (Å²) in [6, 6.07) is 3.93. The van der Waals surface area contributed by atoms with Crippen molar-refractivity contribution in [1.29, 1.82) is 0 Å². The van der Waals surface area contributed by atoms with E-state index in [1.165, 1.54) is 11.3 Å². The number of hydrogen-bond donors (Lipinski definition) is 0. The summed E-state index contributed by atoms with van der Waals surface area (Å²) in [5.41, 5.74) is 0. The molecule has 0 spiro atoms. The lowest BCUT2D eigenvalue weighted by Gasteiger charge is -2.30. The van der Waals surface area contributed by atoms with Crippen LogP contribution in [0.25, 0.3) is 0 Å². The first kappa shape index (κ1) is 12.8. The van der Waals surface area contributed by atoms with Crippen LogP contribution in [0.2, 0.25) is 0 Å². The molecule has 0 aliphatic heterocycles. The minimum absolute atomic E-state index is 0.0556. The Labute approximate surface area is 113 Å². The SMILES string of the molecule is CN(C(=O)c1ccc(Br)s1)C1CCC(=O)CC1. The van der Waals surface area contributed by atoms with Crippen LogP contribution in [0.5, 0.6) is 0 Å². The van der Waals surface area contributed by atoms with Crippen molar-refractivity contribution in [2.24, 2.45) is 0 Å². The maximum atomic E-state index is 12.2.